The molecule has 3 heteroatoms. The number of aryl methyl sites for hydroxylation is 1. The van der Waals surface area contributed by atoms with Crippen molar-refractivity contribution in [2.24, 2.45) is 0 Å². The van der Waals surface area contributed by atoms with Crippen LogP contribution in [0.4, 0.5) is 0 Å². The minimum atomic E-state index is 0.120. The Morgan fingerprint density at radius 3 is 2.67 bits per heavy atom. The van der Waals surface area contributed by atoms with Crippen molar-refractivity contribution in [2.45, 2.75) is 38.8 Å². The second-order valence-electron chi connectivity index (χ2n) is 6.50. The maximum absolute atomic E-state index is 12.5. The second-order valence-corrected chi connectivity index (χ2v) is 6.50. The van der Waals surface area contributed by atoms with Gasteiger partial charge in [-0.1, -0.05) is 61.5 Å². The van der Waals surface area contributed by atoms with E-state index in [1.54, 1.807) is 0 Å². The van der Waals surface area contributed by atoms with Gasteiger partial charge < -0.3 is 5.32 Å². The first-order valence-corrected chi connectivity index (χ1v) is 8.89. The Bertz CT molecular complexity index is 669. The van der Waals surface area contributed by atoms with E-state index in [2.05, 4.69) is 53.5 Å². The van der Waals surface area contributed by atoms with E-state index in [0.717, 1.165) is 32.4 Å². The molecule has 24 heavy (non-hydrogen) atoms. The lowest BCUT2D eigenvalue weighted by atomic mass is 9.88. The van der Waals surface area contributed by atoms with E-state index < -0.39 is 0 Å². The van der Waals surface area contributed by atoms with Gasteiger partial charge in [0.1, 0.15) is 0 Å². The van der Waals surface area contributed by atoms with Gasteiger partial charge in [0.05, 0.1) is 12.6 Å². The number of carbonyl (C=O) groups excluding carboxylic acids is 1. The zero-order valence-corrected chi connectivity index (χ0v) is 14.4. The molecule has 1 amide bonds. The number of amides is 1. The van der Waals surface area contributed by atoms with E-state index in [0.29, 0.717) is 6.54 Å². The molecule has 0 fully saturated rings. The number of hydrogen-bond donors (Lipinski definition) is 1. The van der Waals surface area contributed by atoms with Gasteiger partial charge in [-0.25, -0.2) is 0 Å². The van der Waals surface area contributed by atoms with Gasteiger partial charge in [0, 0.05) is 6.54 Å². The molecule has 0 aliphatic heterocycles. The van der Waals surface area contributed by atoms with Crippen LogP contribution in [0.25, 0.3) is 0 Å². The van der Waals surface area contributed by atoms with E-state index in [9.17, 15) is 4.79 Å². The van der Waals surface area contributed by atoms with Crippen LogP contribution in [0.1, 0.15) is 42.5 Å². The third-order valence-corrected chi connectivity index (χ3v) is 4.77. The number of carbonyl (C=O) groups is 1. The normalized spacial score (nSPS) is 16.7. The molecule has 126 valence electrons. The molecule has 3 nitrogen and oxygen atoms in total. The Hall–Kier alpha value is -2.13. The number of likely N-dealkylation sites (N-methyl/N-ethyl adjacent to an activating group) is 1. The van der Waals surface area contributed by atoms with Crippen molar-refractivity contribution in [1.82, 2.24) is 10.2 Å². The monoisotopic (exact) mass is 322 g/mol. The molecular weight excluding hydrogens is 296 g/mol. The van der Waals surface area contributed by atoms with Crippen LogP contribution in [0.5, 0.6) is 0 Å². The Balaban J connectivity index is 1.59. The van der Waals surface area contributed by atoms with Crippen molar-refractivity contribution in [1.29, 1.82) is 0 Å². The van der Waals surface area contributed by atoms with Crippen molar-refractivity contribution in [3.63, 3.8) is 0 Å². The van der Waals surface area contributed by atoms with Crippen molar-refractivity contribution in [3.05, 3.63) is 71.3 Å². The van der Waals surface area contributed by atoms with Crippen molar-refractivity contribution < 1.29 is 4.79 Å². The third kappa shape index (κ3) is 4.24. The average molecular weight is 322 g/mol. The summed E-state index contributed by atoms with van der Waals surface area (Å²) in [7, 11) is 0. The largest absolute Gasteiger partial charge is 0.348 e. The average Bonchev–Trinajstić information content (AvgIpc) is 2.62. The standard InChI is InChI=1S/C21H26N2O/c1-2-23(15-17-9-4-3-5-10-17)16-21(24)22-20-14-8-12-18-11-6-7-13-19(18)20/h3-7,9-11,13,20H,2,8,12,14-16H2,1H3,(H,22,24)/t20-/m0/s1. The second kappa shape index (κ2) is 8.11. The topological polar surface area (TPSA) is 32.3 Å². The van der Waals surface area contributed by atoms with Crippen LogP contribution >= 0.6 is 0 Å². The lowest BCUT2D eigenvalue weighted by Crippen LogP contribution is -2.39. The van der Waals surface area contributed by atoms with Gasteiger partial charge in [-0.15, -0.1) is 0 Å². The van der Waals surface area contributed by atoms with Gasteiger partial charge in [0.25, 0.3) is 0 Å². The van der Waals surface area contributed by atoms with Gasteiger partial charge >= 0.3 is 0 Å². The SMILES string of the molecule is CCN(CC(=O)N[C@H]1CCCc2ccccc21)Cc1ccccc1. The molecular formula is C21H26N2O. The van der Waals surface area contributed by atoms with Gasteiger partial charge in [-0.3, -0.25) is 9.69 Å². The summed E-state index contributed by atoms with van der Waals surface area (Å²) in [5.74, 6) is 0.120. The molecule has 1 atom stereocenters. The highest BCUT2D eigenvalue weighted by Crippen LogP contribution is 2.29. The molecule has 3 rings (SSSR count). The molecule has 2 aromatic carbocycles. The third-order valence-electron chi connectivity index (χ3n) is 4.77. The minimum Gasteiger partial charge on any atom is -0.348 e. The summed E-state index contributed by atoms with van der Waals surface area (Å²) in [6.07, 6.45) is 3.30. The Labute approximate surface area is 144 Å². The molecule has 2 aromatic rings. The van der Waals surface area contributed by atoms with Gasteiger partial charge in [0.15, 0.2) is 0 Å². The molecule has 0 saturated carbocycles. The van der Waals surface area contributed by atoms with Crippen LogP contribution in [-0.4, -0.2) is 23.9 Å². The van der Waals surface area contributed by atoms with Crippen molar-refractivity contribution >= 4 is 5.91 Å². The number of hydrogen-bond acceptors (Lipinski definition) is 2. The van der Waals surface area contributed by atoms with Crippen molar-refractivity contribution in [3.8, 4) is 0 Å². The molecule has 0 aromatic heterocycles. The van der Waals surface area contributed by atoms with Crippen LogP contribution in [0.3, 0.4) is 0 Å². The molecule has 0 unspecified atom stereocenters. The smallest absolute Gasteiger partial charge is 0.234 e. The molecule has 0 heterocycles. The first kappa shape index (κ1) is 16.7. The van der Waals surface area contributed by atoms with Crippen LogP contribution in [0.2, 0.25) is 0 Å². The van der Waals surface area contributed by atoms with Gasteiger partial charge in [-0.05, 0) is 42.5 Å². The lowest BCUT2D eigenvalue weighted by Gasteiger charge is -2.28. The summed E-state index contributed by atoms with van der Waals surface area (Å²) >= 11 is 0. The maximum atomic E-state index is 12.5. The predicted octanol–water partition coefficient (Wildman–Crippen LogP) is 3.70. The first-order chi connectivity index (χ1) is 11.8. The van der Waals surface area contributed by atoms with Crippen LogP contribution in [0, 0.1) is 0 Å². The fourth-order valence-corrected chi connectivity index (χ4v) is 3.47. The van der Waals surface area contributed by atoms with E-state index in [1.165, 1.54) is 16.7 Å². The van der Waals surface area contributed by atoms with Gasteiger partial charge in [0.2, 0.25) is 5.91 Å². The highest BCUT2D eigenvalue weighted by molar-refractivity contribution is 5.78. The Kier molecular flexibility index (Phi) is 5.65. The van der Waals surface area contributed by atoms with E-state index in [1.807, 2.05) is 18.2 Å². The molecule has 1 aliphatic rings. The maximum Gasteiger partial charge on any atom is 0.234 e. The Morgan fingerprint density at radius 2 is 1.88 bits per heavy atom. The molecule has 1 N–H and O–H groups in total. The number of nitrogens with zero attached hydrogens (tertiary/aromatic N) is 1. The quantitative estimate of drug-likeness (QED) is 0.879. The Morgan fingerprint density at radius 1 is 1.12 bits per heavy atom. The summed E-state index contributed by atoms with van der Waals surface area (Å²) < 4.78 is 0. The fraction of sp³-hybridized carbons (Fsp3) is 0.381. The van der Waals surface area contributed by atoms with Crippen LogP contribution in [0.15, 0.2) is 54.6 Å². The number of benzene rings is 2. The van der Waals surface area contributed by atoms with E-state index >= 15 is 0 Å². The molecule has 0 spiro atoms. The molecule has 0 saturated heterocycles. The summed E-state index contributed by atoms with van der Waals surface area (Å²) in [6, 6.07) is 19.0. The summed E-state index contributed by atoms with van der Waals surface area (Å²) in [4.78, 5) is 14.7. The summed E-state index contributed by atoms with van der Waals surface area (Å²) in [6.45, 7) is 4.23. The van der Waals surface area contributed by atoms with E-state index in [4.69, 9.17) is 0 Å². The molecule has 0 radical (unpaired) electrons. The number of nitrogens with one attached hydrogen (secondary N) is 1. The van der Waals surface area contributed by atoms with Gasteiger partial charge in [-0.2, -0.15) is 0 Å². The predicted molar refractivity (Wildman–Crippen MR) is 97.7 cm³/mol. The van der Waals surface area contributed by atoms with Crippen LogP contribution < -0.4 is 5.32 Å². The van der Waals surface area contributed by atoms with Crippen LogP contribution in [-0.2, 0) is 17.8 Å². The minimum absolute atomic E-state index is 0.120. The molecule has 0 bridgehead atoms. The van der Waals surface area contributed by atoms with Crippen molar-refractivity contribution in [2.75, 3.05) is 13.1 Å². The highest BCUT2D eigenvalue weighted by atomic mass is 16.2. The zero-order chi connectivity index (χ0) is 16.8. The molecule has 1 aliphatic carbocycles. The van der Waals surface area contributed by atoms with E-state index in [-0.39, 0.29) is 11.9 Å². The number of rotatable bonds is 6. The number of fused-ring (bicyclic) bond motifs is 1. The highest BCUT2D eigenvalue weighted by Gasteiger charge is 2.22. The zero-order valence-electron chi connectivity index (χ0n) is 14.4. The summed E-state index contributed by atoms with van der Waals surface area (Å²) in [5, 5.41) is 3.25. The summed E-state index contributed by atoms with van der Waals surface area (Å²) in [5.41, 5.74) is 3.92. The first-order valence-electron chi connectivity index (χ1n) is 8.89. The fourth-order valence-electron chi connectivity index (χ4n) is 3.47. The lowest BCUT2D eigenvalue weighted by molar-refractivity contribution is -0.123.